The average Bonchev–Trinajstić information content (AvgIpc) is 2.28. The van der Waals surface area contributed by atoms with E-state index in [2.05, 4.69) is 5.32 Å². The summed E-state index contributed by atoms with van der Waals surface area (Å²) in [5, 5.41) is 11.6. The SMILES string of the molecule is CC(=O)OC(NCCCO)c1ccc(F)cc1. The fourth-order valence-electron chi connectivity index (χ4n) is 1.34. The van der Waals surface area contributed by atoms with Gasteiger partial charge >= 0.3 is 5.97 Å². The summed E-state index contributed by atoms with van der Waals surface area (Å²) in [5.41, 5.74) is 0.666. The van der Waals surface area contributed by atoms with Crippen LogP contribution < -0.4 is 5.32 Å². The van der Waals surface area contributed by atoms with Crippen molar-refractivity contribution in [2.75, 3.05) is 13.2 Å². The van der Waals surface area contributed by atoms with Gasteiger partial charge in [0.25, 0.3) is 0 Å². The number of hydrogen-bond donors (Lipinski definition) is 2. The molecule has 0 aliphatic rings. The summed E-state index contributed by atoms with van der Waals surface area (Å²) in [6, 6.07) is 5.71. The maximum Gasteiger partial charge on any atom is 0.304 e. The largest absolute Gasteiger partial charge is 0.442 e. The lowest BCUT2D eigenvalue weighted by Crippen LogP contribution is -2.27. The molecule has 0 aliphatic carbocycles. The van der Waals surface area contributed by atoms with E-state index in [0.29, 0.717) is 18.5 Å². The van der Waals surface area contributed by atoms with Crippen LogP contribution in [-0.4, -0.2) is 24.2 Å². The van der Waals surface area contributed by atoms with E-state index in [9.17, 15) is 9.18 Å². The van der Waals surface area contributed by atoms with Crippen molar-refractivity contribution in [3.05, 3.63) is 35.6 Å². The Morgan fingerprint density at radius 3 is 2.65 bits per heavy atom. The third-order valence-corrected chi connectivity index (χ3v) is 2.12. The maximum atomic E-state index is 12.8. The molecule has 0 bridgehead atoms. The van der Waals surface area contributed by atoms with Gasteiger partial charge in [0.2, 0.25) is 0 Å². The minimum atomic E-state index is -0.611. The first-order chi connectivity index (χ1) is 8.13. The fraction of sp³-hybridized carbons (Fsp3) is 0.417. The smallest absolute Gasteiger partial charge is 0.304 e. The van der Waals surface area contributed by atoms with E-state index in [4.69, 9.17) is 9.84 Å². The normalized spacial score (nSPS) is 12.2. The van der Waals surface area contributed by atoms with Crippen LogP contribution in [0.3, 0.4) is 0 Å². The zero-order valence-electron chi connectivity index (χ0n) is 9.65. The van der Waals surface area contributed by atoms with Gasteiger partial charge in [-0.1, -0.05) is 12.1 Å². The Morgan fingerprint density at radius 1 is 1.47 bits per heavy atom. The molecule has 0 aliphatic heterocycles. The summed E-state index contributed by atoms with van der Waals surface area (Å²) in [6.07, 6.45) is -0.0569. The summed E-state index contributed by atoms with van der Waals surface area (Å²) in [7, 11) is 0. The van der Waals surface area contributed by atoms with Gasteiger partial charge < -0.3 is 9.84 Å². The number of carbonyl (C=O) groups is 1. The van der Waals surface area contributed by atoms with Crippen LogP contribution >= 0.6 is 0 Å². The second-order valence-corrected chi connectivity index (χ2v) is 3.57. The highest BCUT2D eigenvalue weighted by molar-refractivity contribution is 5.66. The van der Waals surface area contributed by atoms with Gasteiger partial charge in [-0.25, -0.2) is 4.39 Å². The van der Waals surface area contributed by atoms with E-state index < -0.39 is 12.2 Å². The number of nitrogens with one attached hydrogen (secondary N) is 1. The Hall–Kier alpha value is -1.46. The van der Waals surface area contributed by atoms with Crippen LogP contribution in [0.4, 0.5) is 4.39 Å². The molecule has 0 heterocycles. The molecule has 5 heteroatoms. The van der Waals surface area contributed by atoms with E-state index in [0.717, 1.165) is 0 Å². The minimum Gasteiger partial charge on any atom is -0.442 e. The molecule has 0 radical (unpaired) electrons. The van der Waals surface area contributed by atoms with Gasteiger partial charge in [0.1, 0.15) is 5.82 Å². The number of aliphatic hydroxyl groups excluding tert-OH is 1. The molecule has 0 fully saturated rings. The van der Waals surface area contributed by atoms with E-state index >= 15 is 0 Å². The lowest BCUT2D eigenvalue weighted by atomic mass is 10.2. The van der Waals surface area contributed by atoms with E-state index in [-0.39, 0.29) is 12.4 Å². The predicted octanol–water partition coefficient (Wildman–Crippen LogP) is 1.36. The lowest BCUT2D eigenvalue weighted by molar-refractivity contribution is -0.148. The molecule has 4 nitrogen and oxygen atoms in total. The Morgan fingerprint density at radius 2 is 2.12 bits per heavy atom. The maximum absolute atomic E-state index is 12.8. The van der Waals surface area contributed by atoms with E-state index in [1.54, 1.807) is 12.1 Å². The molecule has 94 valence electrons. The van der Waals surface area contributed by atoms with Gasteiger partial charge in [0.15, 0.2) is 6.23 Å². The predicted molar refractivity (Wildman–Crippen MR) is 60.6 cm³/mol. The van der Waals surface area contributed by atoms with Crippen molar-refractivity contribution in [1.29, 1.82) is 0 Å². The van der Waals surface area contributed by atoms with Crippen LogP contribution in [-0.2, 0) is 9.53 Å². The lowest BCUT2D eigenvalue weighted by Gasteiger charge is -2.18. The standard InChI is InChI=1S/C12H16FNO3/c1-9(16)17-12(14-7-2-8-15)10-3-5-11(13)6-4-10/h3-6,12,14-15H,2,7-8H2,1H3. The first-order valence-electron chi connectivity index (χ1n) is 5.40. The van der Waals surface area contributed by atoms with Crippen LogP contribution in [0.1, 0.15) is 25.1 Å². The zero-order valence-corrected chi connectivity index (χ0v) is 9.65. The molecular weight excluding hydrogens is 225 g/mol. The van der Waals surface area contributed by atoms with E-state index in [1.165, 1.54) is 19.1 Å². The van der Waals surface area contributed by atoms with Crippen LogP contribution in [0, 0.1) is 5.82 Å². The van der Waals surface area contributed by atoms with Gasteiger partial charge in [-0.05, 0) is 18.6 Å². The molecule has 17 heavy (non-hydrogen) atoms. The first-order valence-corrected chi connectivity index (χ1v) is 5.40. The number of esters is 1. The summed E-state index contributed by atoms with van der Waals surface area (Å²) >= 11 is 0. The van der Waals surface area contributed by atoms with Crippen molar-refractivity contribution in [2.24, 2.45) is 0 Å². The van der Waals surface area contributed by atoms with Crippen molar-refractivity contribution < 1.29 is 19.0 Å². The number of ether oxygens (including phenoxy) is 1. The molecule has 0 saturated heterocycles. The molecule has 0 spiro atoms. The number of aliphatic hydroxyl groups is 1. The van der Waals surface area contributed by atoms with Crippen LogP contribution in [0.2, 0.25) is 0 Å². The summed E-state index contributed by atoms with van der Waals surface area (Å²) in [5.74, 6) is -0.762. The summed E-state index contributed by atoms with van der Waals surface area (Å²) in [4.78, 5) is 10.9. The van der Waals surface area contributed by atoms with Crippen molar-refractivity contribution in [3.63, 3.8) is 0 Å². The highest BCUT2D eigenvalue weighted by atomic mass is 19.1. The fourth-order valence-corrected chi connectivity index (χ4v) is 1.34. The number of hydrogen-bond acceptors (Lipinski definition) is 4. The van der Waals surface area contributed by atoms with Gasteiger partial charge in [-0.15, -0.1) is 0 Å². The summed E-state index contributed by atoms with van der Waals surface area (Å²) < 4.78 is 17.8. The second kappa shape index (κ2) is 6.98. The molecule has 2 N–H and O–H groups in total. The highest BCUT2D eigenvalue weighted by Crippen LogP contribution is 2.15. The van der Waals surface area contributed by atoms with Crippen LogP contribution in [0.15, 0.2) is 24.3 Å². The molecule has 0 amide bonds. The van der Waals surface area contributed by atoms with Crippen LogP contribution in [0.25, 0.3) is 0 Å². The van der Waals surface area contributed by atoms with Gasteiger partial charge in [-0.3, -0.25) is 10.1 Å². The first kappa shape index (κ1) is 13.6. The molecule has 0 aromatic heterocycles. The Labute approximate surface area is 99.4 Å². The quantitative estimate of drug-likeness (QED) is 0.448. The molecule has 0 saturated carbocycles. The van der Waals surface area contributed by atoms with Gasteiger partial charge in [0.05, 0.1) is 0 Å². The second-order valence-electron chi connectivity index (χ2n) is 3.57. The average molecular weight is 241 g/mol. The highest BCUT2D eigenvalue weighted by Gasteiger charge is 2.13. The molecule has 1 aromatic carbocycles. The molecule has 1 rings (SSSR count). The number of halogens is 1. The molecule has 1 atom stereocenters. The zero-order chi connectivity index (χ0) is 12.7. The van der Waals surface area contributed by atoms with Crippen molar-refractivity contribution in [1.82, 2.24) is 5.32 Å². The van der Waals surface area contributed by atoms with E-state index in [1.807, 2.05) is 0 Å². The molecular formula is C12H16FNO3. The van der Waals surface area contributed by atoms with Crippen molar-refractivity contribution in [3.8, 4) is 0 Å². The topological polar surface area (TPSA) is 58.6 Å². The van der Waals surface area contributed by atoms with Gasteiger partial charge in [0, 0.05) is 25.6 Å². The minimum absolute atomic E-state index is 0.0587. The van der Waals surface area contributed by atoms with Crippen LogP contribution in [0.5, 0.6) is 0 Å². The third kappa shape index (κ3) is 4.93. The number of benzene rings is 1. The number of rotatable bonds is 6. The number of carbonyl (C=O) groups excluding carboxylic acids is 1. The van der Waals surface area contributed by atoms with Crippen molar-refractivity contribution in [2.45, 2.75) is 19.6 Å². The Kier molecular flexibility index (Phi) is 5.59. The third-order valence-electron chi connectivity index (χ3n) is 2.12. The molecule has 1 aromatic rings. The Bertz CT molecular complexity index is 353. The summed E-state index contributed by atoms with van der Waals surface area (Å²) in [6.45, 7) is 1.87. The van der Waals surface area contributed by atoms with Gasteiger partial charge in [-0.2, -0.15) is 0 Å². The Balaban J connectivity index is 2.67. The molecule has 1 unspecified atom stereocenters. The van der Waals surface area contributed by atoms with Crippen molar-refractivity contribution >= 4 is 5.97 Å². The monoisotopic (exact) mass is 241 g/mol.